The summed E-state index contributed by atoms with van der Waals surface area (Å²) in [4.78, 5) is 0. The monoisotopic (exact) mass is 307 g/mol. The van der Waals surface area contributed by atoms with Gasteiger partial charge in [-0.2, -0.15) is 0 Å². The lowest BCUT2D eigenvalue weighted by molar-refractivity contribution is -0.0596. The SMILES string of the molecule is ClCCCc1cn(CCC23CC4CC(CC(C4)C2)C3)nn1. The van der Waals surface area contributed by atoms with Gasteiger partial charge in [0.15, 0.2) is 0 Å². The number of halogens is 1. The van der Waals surface area contributed by atoms with Gasteiger partial charge >= 0.3 is 0 Å². The summed E-state index contributed by atoms with van der Waals surface area (Å²) < 4.78 is 2.07. The van der Waals surface area contributed by atoms with Crippen molar-refractivity contribution in [1.82, 2.24) is 15.0 Å². The van der Waals surface area contributed by atoms with Crippen LogP contribution in [0.3, 0.4) is 0 Å². The molecule has 0 aromatic carbocycles. The Balaban J connectivity index is 1.37. The standard InChI is InChI=1S/C17H26ClN3/c18-4-1-2-16-12-21(20-19-16)5-3-17-9-13-6-14(10-17)8-15(7-13)11-17/h12-15H,1-11H2. The summed E-state index contributed by atoms with van der Waals surface area (Å²) >= 11 is 5.74. The molecule has 4 heteroatoms. The van der Waals surface area contributed by atoms with Crippen LogP contribution in [0.1, 0.15) is 57.1 Å². The highest BCUT2D eigenvalue weighted by Crippen LogP contribution is 2.61. The summed E-state index contributed by atoms with van der Waals surface area (Å²) in [6.07, 6.45) is 14.5. The Kier molecular flexibility index (Phi) is 3.72. The quantitative estimate of drug-likeness (QED) is 0.742. The van der Waals surface area contributed by atoms with Gasteiger partial charge in [0.05, 0.1) is 5.69 Å². The third-order valence-corrected chi connectivity index (χ3v) is 6.46. The molecule has 4 bridgehead atoms. The zero-order valence-electron chi connectivity index (χ0n) is 12.8. The van der Waals surface area contributed by atoms with Gasteiger partial charge in [-0.3, -0.25) is 4.68 Å². The molecule has 1 heterocycles. The molecule has 1 aromatic heterocycles. The number of alkyl halides is 1. The van der Waals surface area contributed by atoms with E-state index in [0.717, 1.165) is 42.8 Å². The molecule has 4 aliphatic rings. The highest BCUT2D eigenvalue weighted by molar-refractivity contribution is 6.17. The van der Waals surface area contributed by atoms with Gasteiger partial charge in [0, 0.05) is 18.6 Å². The number of aromatic nitrogens is 3. The molecular weight excluding hydrogens is 282 g/mol. The zero-order valence-corrected chi connectivity index (χ0v) is 13.6. The average molecular weight is 308 g/mol. The highest BCUT2D eigenvalue weighted by Gasteiger charge is 2.50. The molecule has 116 valence electrons. The lowest BCUT2D eigenvalue weighted by Gasteiger charge is -2.57. The van der Waals surface area contributed by atoms with Crippen molar-refractivity contribution >= 4 is 11.6 Å². The Bertz CT molecular complexity index is 461. The molecule has 0 radical (unpaired) electrons. The maximum Gasteiger partial charge on any atom is 0.0827 e. The first-order valence-electron chi connectivity index (χ1n) is 8.70. The van der Waals surface area contributed by atoms with Gasteiger partial charge in [-0.05, 0) is 81.0 Å². The lowest BCUT2D eigenvalue weighted by atomic mass is 9.49. The Hall–Kier alpha value is -0.570. The number of hydrogen-bond acceptors (Lipinski definition) is 2. The summed E-state index contributed by atoms with van der Waals surface area (Å²) in [6, 6.07) is 0. The molecule has 0 amide bonds. The molecule has 21 heavy (non-hydrogen) atoms. The van der Waals surface area contributed by atoms with E-state index in [1.54, 1.807) is 0 Å². The maximum absolute atomic E-state index is 5.74. The predicted molar refractivity (Wildman–Crippen MR) is 84.3 cm³/mol. The minimum Gasteiger partial charge on any atom is -0.252 e. The number of rotatable bonds is 6. The lowest BCUT2D eigenvalue weighted by Crippen LogP contribution is -2.46. The second kappa shape index (κ2) is 5.57. The highest BCUT2D eigenvalue weighted by atomic mass is 35.5. The predicted octanol–water partition coefficient (Wildman–Crippen LogP) is 4.06. The molecule has 3 nitrogen and oxygen atoms in total. The molecule has 0 N–H and O–H groups in total. The number of nitrogens with zero attached hydrogens (tertiary/aromatic N) is 3. The molecule has 4 aliphatic carbocycles. The van der Waals surface area contributed by atoms with Crippen LogP contribution in [-0.4, -0.2) is 20.9 Å². The van der Waals surface area contributed by atoms with Gasteiger partial charge in [-0.1, -0.05) is 5.21 Å². The third-order valence-electron chi connectivity index (χ3n) is 6.19. The average Bonchev–Trinajstić information content (AvgIpc) is 2.90. The van der Waals surface area contributed by atoms with Gasteiger partial charge in [0.25, 0.3) is 0 Å². The van der Waals surface area contributed by atoms with E-state index in [4.69, 9.17) is 11.6 Å². The summed E-state index contributed by atoms with van der Waals surface area (Å²) in [5.74, 6) is 3.85. The Labute approximate surface area is 132 Å². The molecule has 4 fully saturated rings. The van der Waals surface area contributed by atoms with Crippen LogP contribution in [0.4, 0.5) is 0 Å². The summed E-state index contributed by atoms with van der Waals surface area (Å²) in [7, 11) is 0. The Morgan fingerprint density at radius 1 is 1.14 bits per heavy atom. The fraction of sp³-hybridized carbons (Fsp3) is 0.882. The van der Waals surface area contributed by atoms with Crippen molar-refractivity contribution in [2.45, 2.75) is 64.3 Å². The van der Waals surface area contributed by atoms with Gasteiger partial charge in [0.1, 0.15) is 0 Å². The Morgan fingerprint density at radius 2 is 1.81 bits per heavy atom. The van der Waals surface area contributed by atoms with Crippen molar-refractivity contribution in [3.05, 3.63) is 11.9 Å². The van der Waals surface area contributed by atoms with E-state index in [-0.39, 0.29) is 0 Å². The first-order chi connectivity index (χ1) is 10.2. The number of hydrogen-bond donors (Lipinski definition) is 0. The van der Waals surface area contributed by atoms with E-state index in [2.05, 4.69) is 21.2 Å². The normalized spacial score (nSPS) is 37.3. The van der Waals surface area contributed by atoms with Crippen LogP contribution in [0.2, 0.25) is 0 Å². The summed E-state index contributed by atoms with van der Waals surface area (Å²) in [6.45, 7) is 1.06. The molecular formula is C17H26ClN3. The third kappa shape index (κ3) is 2.86. The van der Waals surface area contributed by atoms with E-state index in [0.29, 0.717) is 11.3 Å². The molecule has 0 atom stereocenters. The summed E-state index contributed by atoms with van der Waals surface area (Å²) in [5.41, 5.74) is 1.75. The van der Waals surface area contributed by atoms with Crippen molar-refractivity contribution in [3.8, 4) is 0 Å². The van der Waals surface area contributed by atoms with Crippen LogP contribution < -0.4 is 0 Å². The summed E-state index contributed by atoms with van der Waals surface area (Å²) in [5, 5.41) is 8.58. The molecule has 0 unspecified atom stereocenters. The van der Waals surface area contributed by atoms with E-state index in [1.807, 2.05) is 0 Å². The van der Waals surface area contributed by atoms with Crippen molar-refractivity contribution in [3.63, 3.8) is 0 Å². The van der Waals surface area contributed by atoms with Gasteiger partial charge in [0.2, 0.25) is 0 Å². The molecule has 1 aromatic rings. The van der Waals surface area contributed by atoms with Crippen LogP contribution in [0.5, 0.6) is 0 Å². The van der Waals surface area contributed by atoms with Crippen LogP contribution >= 0.6 is 11.6 Å². The molecule has 0 aliphatic heterocycles. The zero-order chi connectivity index (χ0) is 14.3. The van der Waals surface area contributed by atoms with Gasteiger partial charge in [-0.15, -0.1) is 16.7 Å². The second-order valence-corrected chi connectivity index (χ2v) is 8.31. The van der Waals surface area contributed by atoms with E-state index < -0.39 is 0 Å². The Morgan fingerprint density at radius 3 is 2.43 bits per heavy atom. The van der Waals surface area contributed by atoms with Crippen LogP contribution in [-0.2, 0) is 13.0 Å². The fourth-order valence-electron chi connectivity index (χ4n) is 5.76. The largest absolute Gasteiger partial charge is 0.252 e. The molecule has 4 saturated carbocycles. The van der Waals surface area contributed by atoms with Crippen molar-refractivity contribution in [1.29, 1.82) is 0 Å². The van der Waals surface area contributed by atoms with Crippen LogP contribution in [0, 0.1) is 23.2 Å². The van der Waals surface area contributed by atoms with Crippen LogP contribution in [0.15, 0.2) is 6.20 Å². The molecule has 5 rings (SSSR count). The van der Waals surface area contributed by atoms with E-state index in [1.165, 1.54) is 44.9 Å². The van der Waals surface area contributed by atoms with E-state index >= 15 is 0 Å². The van der Waals surface area contributed by atoms with Crippen LogP contribution in [0.25, 0.3) is 0 Å². The van der Waals surface area contributed by atoms with E-state index in [9.17, 15) is 0 Å². The first kappa shape index (κ1) is 14.0. The fourth-order valence-corrected chi connectivity index (χ4v) is 5.89. The molecule has 0 spiro atoms. The minimum atomic E-state index is 0.650. The van der Waals surface area contributed by atoms with Gasteiger partial charge < -0.3 is 0 Å². The minimum absolute atomic E-state index is 0.650. The maximum atomic E-state index is 5.74. The van der Waals surface area contributed by atoms with Crippen molar-refractivity contribution in [2.24, 2.45) is 23.2 Å². The van der Waals surface area contributed by atoms with Crippen molar-refractivity contribution < 1.29 is 0 Å². The number of aryl methyl sites for hydroxylation is 2. The smallest absolute Gasteiger partial charge is 0.0827 e. The van der Waals surface area contributed by atoms with Gasteiger partial charge in [-0.25, -0.2) is 0 Å². The molecule has 0 saturated heterocycles. The first-order valence-corrected chi connectivity index (χ1v) is 9.23. The second-order valence-electron chi connectivity index (χ2n) is 7.93. The van der Waals surface area contributed by atoms with Crippen molar-refractivity contribution in [2.75, 3.05) is 5.88 Å². The topological polar surface area (TPSA) is 30.7 Å².